The van der Waals surface area contributed by atoms with E-state index in [1.807, 2.05) is 24.3 Å². The molecule has 27 heavy (non-hydrogen) atoms. The van der Waals surface area contributed by atoms with Crippen molar-refractivity contribution in [3.8, 4) is 12.3 Å². The summed E-state index contributed by atoms with van der Waals surface area (Å²) in [7, 11) is 0. The minimum Gasteiger partial charge on any atom is -0.358 e. The van der Waals surface area contributed by atoms with Gasteiger partial charge in [-0.15, -0.1) is 6.42 Å². The van der Waals surface area contributed by atoms with Crippen LogP contribution in [0.3, 0.4) is 0 Å². The van der Waals surface area contributed by atoms with Crippen LogP contribution in [0.25, 0.3) is 0 Å². The quantitative estimate of drug-likeness (QED) is 0.665. The van der Waals surface area contributed by atoms with Crippen molar-refractivity contribution in [2.24, 2.45) is 0 Å². The zero-order chi connectivity index (χ0) is 19.1. The van der Waals surface area contributed by atoms with Gasteiger partial charge in [0.2, 0.25) is 0 Å². The second kappa shape index (κ2) is 8.63. The van der Waals surface area contributed by atoms with E-state index in [-0.39, 0.29) is 18.5 Å². The average Bonchev–Trinajstić information content (AvgIpc) is 2.71. The smallest absolute Gasteiger partial charge is 0.253 e. The molecule has 2 aromatic heterocycles. The standard InChI is InChI=1S/C22H20N4O/c1-3-12-24-22(27)18-10-11-20(25-15-18)26-21(19-9-4-5-13-23-19)17-8-6-7-16(2)14-17/h1,4-11,13-15,21H,12H2,2H3,(H,24,27)(H,25,26). The predicted molar refractivity (Wildman–Crippen MR) is 106 cm³/mol. The first-order valence-corrected chi connectivity index (χ1v) is 8.59. The number of hydrogen-bond donors (Lipinski definition) is 2. The van der Waals surface area contributed by atoms with Crippen LogP contribution in [-0.2, 0) is 0 Å². The van der Waals surface area contributed by atoms with Gasteiger partial charge in [0.1, 0.15) is 5.82 Å². The Morgan fingerprint density at radius 2 is 2.04 bits per heavy atom. The molecule has 3 rings (SSSR count). The third-order valence-corrected chi connectivity index (χ3v) is 4.03. The van der Waals surface area contributed by atoms with Gasteiger partial charge in [0.05, 0.1) is 23.8 Å². The number of pyridine rings is 2. The largest absolute Gasteiger partial charge is 0.358 e. The van der Waals surface area contributed by atoms with Crippen molar-refractivity contribution < 1.29 is 4.79 Å². The number of rotatable bonds is 6. The van der Waals surface area contributed by atoms with E-state index in [2.05, 4.69) is 51.6 Å². The molecule has 2 N–H and O–H groups in total. The molecule has 0 radical (unpaired) electrons. The lowest BCUT2D eigenvalue weighted by Gasteiger charge is -2.20. The number of anilines is 1. The Bertz CT molecular complexity index is 946. The molecule has 3 aromatic rings. The van der Waals surface area contributed by atoms with Gasteiger partial charge in [-0.05, 0) is 36.8 Å². The van der Waals surface area contributed by atoms with E-state index in [1.165, 1.54) is 11.8 Å². The molecule has 5 nitrogen and oxygen atoms in total. The van der Waals surface area contributed by atoms with Gasteiger partial charge in [-0.3, -0.25) is 9.78 Å². The fourth-order valence-electron chi connectivity index (χ4n) is 2.72. The molecule has 0 fully saturated rings. The number of aromatic nitrogens is 2. The van der Waals surface area contributed by atoms with Crippen LogP contribution in [0.15, 0.2) is 67.0 Å². The van der Waals surface area contributed by atoms with Gasteiger partial charge in [0.25, 0.3) is 5.91 Å². The Morgan fingerprint density at radius 3 is 2.70 bits per heavy atom. The number of amides is 1. The second-order valence-electron chi connectivity index (χ2n) is 6.07. The lowest BCUT2D eigenvalue weighted by atomic mass is 10.0. The highest BCUT2D eigenvalue weighted by Gasteiger charge is 2.16. The molecule has 2 heterocycles. The highest BCUT2D eigenvalue weighted by atomic mass is 16.1. The summed E-state index contributed by atoms with van der Waals surface area (Å²) >= 11 is 0. The Hall–Kier alpha value is -3.65. The lowest BCUT2D eigenvalue weighted by Crippen LogP contribution is -2.23. The number of nitrogens with one attached hydrogen (secondary N) is 2. The number of terminal acetylenes is 1. The van der Waals surface area contributed by atoms with Crippen LogP contribution in [0.2, 0.25) is 0 Å². The minimum absolute atomic E-state index is 0.153. The number of aryl methyl sites for hydroxylation is 1. The molecule has 0 aliphatic heterocycles. The van der Waals surface area contributed by atoms with Gasteiger partial charge in [0.15, 0.2) is 0 Å². The third kappa shape index (κ3) is 4.71. The maximum absolute atomic E-state index is 11.9. The summed E-state index contributed by atoms with van der Waals surface area (Å²) in [4.78, 5) is 20.8. The molecule has 134 valence electrons. The van der Waals surface area contributed by atoms with E-state index in [0.29, 0.717) is 11.4 Å². The zero-order valence-corrected chi connectivity index (χ0v) is 15.0. The Kier molecular flexibility index (Phi) is 5.80. The fraction of sp³-hybridized carbons (Fsp3) is 0.136. The van der Waals surface area contributed by atoms with Crippen LogP contribution in [0.4, 0.5) is 5.82 Å². The summed E-state index contributed by atoms with van der Waals surface area (Å²) in [5, 5.41) is 6.03. The number of benzene rings is 1. The number of nitrogens with zero attached hydrogens (tertiary/aromatic N) is 2. The summed E-state index contributed by atoms with van der Waals surface area (Å²) < 4.78 is 0. The van der Waals surface area contributed by atoms with Gasteiger partial charge >= 0.3 is 0 Å². The molecule has 1 amide bonds. The van der Waals surface area contributed by atoms with Crippen molar-refractivity contribution in [3.05, 3.63) is 89.4 Å². The van der Waals surface area contributed by atoms with Gasteiger partial charge in [-0.1, -0.05) is 41.8 Å². The van der Waals surface area contributed by atoms with E-state index in [9.17, 15) is 4.79 Å². The van der Waals surface area contributed by atoms with Crippen molar-refractivity contribution >= 4 is 11.7 Å². The average molecular weight is 356 g/mol. The highest BCUT2D eigenvalue weighted by Crippen LogP contribution is 2.25. The van der Waals surface area contributed by atoms with Gasteiger partial charge < -0.3 is 10.6 Å². The van der Waals surface area contributed by atoms with Crippen molar-refractivity contribution in [1.82, 2.24) is 15.3 Å². The number of carbonyl (C=O) groups excluding carboxylic acids is 1. The Morgan fingerprint density at radius 1 is 1.15 bits per heavy atom. The number of hydrogen-bond acceptors (Lipinski definition) is 4. The molecule has 1 unspecified atom stereocenters. The zero-order valence-electron chi connectivity index (χ0n) is 15.0. The van der Waals surface area contributed by atoms with Crippen molar-refractivity contribution in [2.75, 3.05) is 11.9 Å². The van der Waals surface area contributed by atoms with E-state index in [0.717, 1.165) is 11.3 Å². The topological polar surface area (TPSA) is 66.9 Å². The molecule has 1 aromatic carbocycles. The van der Waals surface area contributed by atoms with Crippen LogP contribution < -0.4 is 10.6 Å². The number of carbonyl (C=O) groups is 1. The van der Waals surface area contributed by atoms with Crippen LogP contribution in [0.5, 0.6) is 0 Å². The normalized spacial score (nSPS) is 11.3. The summed E-state index contributed by atoms with van der Waals surface area (Å²) in [6.45, 7) is 2.24. The van der Waals surface area contributed by atoms with E-state index >= 15 is 0 Å². The van der Waals surface area contributed by atoms with Crippen molar-refractivity contribution in [3.63, 3.8) is 0 Å². The SMILES string of the molecule is C#CCNC(=O)c1ccc(NC(c2cccc(C)c2)c2ccccn2)nc1. The molecule has 0 bridgehead atoms. The monoisotopic (exact) mass is 356 g/mol. The van der Waals surface area contributed by atoms with Crippen LogP contribution in [0.1, 0.15) is 33.2 Å². The van der Waals surface area contributed by atoms with Gasteiger partial charge in [-0.2, -0.15) is 0 Å². The molecule has 0 saturated carbocycles. The predicted octanol–water partition coefficient (Wildman–Crippen LogP) is 3.35. The van der Waals surface area contributed by atoms with Crippen molar-refractivity contribution in [2.45, 2.75) is 13.0 Å². The van der Waals surface area contributed by atoms with E-state index < -0.39 is 0 Å². The molecule has 1 atom stereocenters. The maximum Gasteiger partial charge on any atom is 0.253 e. The van der Waals surface area contributed by atoms with Gasteiger partial charge in [0, 0.05) is 12.4 Å². The molecule has 0 spiro atoms. The van der Waals surface area contributed by atoms with Crippen LogP contribution >= 0.6 is 0 Å². The highest BCUT2D eigenvalue weighted by molar-refractivity contribution is 5.94. The van der Waals surface area contributed by atoms with Crippen molar-refractivity contribution in [1.29, 1.82) is 0 Å². The minimum atomic E-state index is -0.244. The molecule has 5 heteroatoms. The first kappa shape index (κ1) is 18.2. The molecular formula is C22H20N4O. The molecule has 0 aliphatic rings. The summed E-state index contributed by atoms with van der Waals surface area (Å²) in [6.07, 6.45) is 8.46. The summed E-state index contributed by atoms with van der Waals surface area (Å²) in [6, 6.07) is 17.4. The fourth-order valence-corrected chi connectivity index (χ4v) is 2.72. The van der Waals surface area contributed by atoms with E-state index in [1.54, 1.807) is 18.3 Å². The second-order valence-corrected chi connectivity index (χ2v) is 6.07. The van der Waals surface area contributed by atoms with Gasteiger partial charge in [-0.25, -0.2) is 4.98 Å². The summed E-state index contributed by atoms with van der Waals surface area (Å²) in [5.74, 6) is 2.78. The molecular weight excluding hydrogens is 336 g/mol. The lowest BCUT2D eigenvalue weighted by molar-refractivity contribution is 0.0958. The summed E-state index contributed by atoms with van der Waals surface area (Å²) in [5.41, 5.74) is 3.61. The molecule has 0 aliphatic carbocycles. The molecule has 0 saturated heterocycles. The first-order valence-electron chi connectivity index (χ1n) is 8.59. The maximum atomic E-state index is 11.9. The third-order valence-electron chi connectivity index (χ3n) is 4.03. The Balaban J connectivity index is 1.85. The van der Waals surface area contributed by atoms with E-state index in [4.69, 9.17) is 6.42 Å². The van der Waals surface area contributed by atoms with Crippen LogP contribution in [0, 0.1) is 19.3 Å². The first-order chi connectivity index (χ1) is 13.2. The van der Waals surface area contributed by atoms with Crippen LogP contribution in [-0.4, -0.2) is 22.4 Å². The Labute approximate surface area is 158 Å².